The lowest BCUT2D eigenvalue weighted by Crippen LogP contribution is -2.44. The molecule has 0 spiro atoms. The third-order valence-electron chi connectivity index (χ3n) is 5.54. The van der Waals surface area contributed by atoms with Crippen molar-refractivity contribution in [2.75, 3.05) is 19.6 Å². The van der Waals surface area contributed by atoms with Gasteiger partial charge in [-0.1, -0.05) is 43.3 Å². The average molecular weight is 394 g/mol. The van der Waals surface area contributed by atoms with Gasteiger partial charge in [0.05, 0.1) is 0 Å². The van der Waals surface area contributed by atoms with Gasteiger partial charge in [0, 0.05) is 37.7 Å². The van der Waals surface area contributed by atoms with Crippen molar-refractivity contribution in [2.24, 2.45) is 0 Å². The minimum absolute atomic E-state index is 0.000175. The van der Waals surface area contributed by atoms with Gasteiger partial charge in [-0.25, -0.2) is 4.79 Å². The molecule has 5 nitrogen and oxygen atoms in total. The molecular formula is C24H31N3O2. The van der Waals surface area contributed by atoms with E-state index >= 15 is 0 Å². The van der Waals surface area contributed by atoms with Gasteiger partial charge in [0.25, 0.3) is 5.91 Å². The zero-order valence-corrected chi connectivity index (χ0v) is 17.4. The van der Waals surface area contributed by atoms with Gasteiger partial charge < -0.3 is 15.5 Å². The zero-order chi connectivity index (χ0) is 20.6. The number of nitrogens with zero attached hydrogens (tertiary/aromatic N) is 1. The van der Waals surface area contributed by atoms with E-state index in [1.165, 1.54) is 5.56 Å². The molecule has 1 unspecified atom stereocenters. The summed E-state index contributed by atoms with van der Waals surface area (Å²) in [5.74, 6) is 0.198. The fourth-order valence-corrected chi connectivity index (χ4v) is 3.81. The Morgan fingerprint density at radius 2 is 1.79 bits per heavy atom. The first-order chi connectivity index (χ1) is 14.1. The van der Waals surface area contributed by atoms with Gasteiger partial charge in [-0.05, 0) is 55.0 Å². The summed E-state index contributed by atoms with van der Waals surface area (Å²) in [5, 5.41) is 5.89. The number of carbonyl (C=O) groups excluding carboxylic acids is 2. The van der Waals surface area contributed by atoms with Crippen molar-refractivity contribution >= 4 is 11.9 Å². The molecule has 0 aliphatic carbocycles. The first-order valence-electron chi connectivity index (χ1n) is 10.6. The number of likely N-dealkylation sites (tertiary alicyclic amines) is 1. The molecule has 1 atom stereocenters. The molecule has 2 N–H and O–H groups in total. The van der Waals surface area contributed by atoms with Gasteiger partial charge in [0.2, 0.25) is 0 Å². The predicted octanol–water partition coefficient (Wildman–Crippen LogP) is 4.09. The minimum Gasteiger partial charge on any atom is -0.348 e. The Morgan fingerprint density at radius 3 is 2.52 bits per heavy atom. The lowest BCUT2D eigenvalue weighted by Gasteiger charge is -2.33. The lowest BCUT2D eigenvalue weighted by molar-refractivity contribution is 0.0950. The van der Waals surface area contributed by atoms with E-state index in [0.29, 0.717) is 25.2 Å². The fraction of sp³-hybridized carbons (Fsp3) is 0.417. The van der Waals surface area contributed by atoms with Crippen LogP contribution in [0.5, 0.6) is 0 Å². The van der Waals surface area contributed by atoms with Crippen molar-refractivity contribution in [3.63, 3.8) is 0 Å². The van der Waals surface area contributed by atoms with Gasteiger partial charge >= 0.3 is 6.03 Å². The number of carbonyl (C=O) groups is 2. The highest BCUT2D eigenvalue weighted by Gasteiger charge is 2.24. The highest BCUT2D eigenvalue weighted by atomic mass is 16.2. The summed E-state index contributed by atoms with van der Waals surface area (Å²) in [5.41, 5.74) is 4.18. The van der Waals surface area contributed by atoms with Crippen LogP contribution in [0.2, 0.25) is 0 Å². The average Bonchev–Trinajstić information content (AvgIpc) is 2.78. The largest absolute Gasteiger partial charge is 0.348 e. The van der Waals surface area contributed by atoms with Crippen LogP contribution < -0.4 is 10.6 Å². The maximum absolute atomic E-state index is 12.6. The second-order valence-electron chi connectivity index (χ2n) is 7.60. The Kier molecular flexibility index (Phi) is 7.28. The molecule has 0 aromatic heterocycles. The summed E-state index contributed by atoms with van der Waals surface area (Å²) in [6.07, 6.45) is 3.02. The summed E-state index contributed by atoms with van der Waals surface area (Å²) in [7, 11) is 0. The van der Waals surface area contributed by atoms with E-state index in [-0.39, 0.29) is 17.9 Å². The number of benzene rings is 2. The first-order valence-corrected chi connectivity index (χ1v) is 10.6. The maximum Gasteiger partial charge on any atom is 0.317 e. The van der Waals surface area contributed by atoms with Crippen LogP contribution >= 0.6 is 0 Å². The van der Waals surface area contributed by atoms with E-state index in [9.17, 15) is 9.59 Å². The zero-order valence-electron chi connectivity index (χ0n) is 17.4. The minimum atomic E-state index is -0.0668. The van der Waals surface area contributed by atoms with Gasteiger partial charge in [-0.2, -0.15) is 0 Å². The van der Waals surface area contributed by atoms with Gasteiger partial charge in [-0.15, -0.1) is 0 Å². The van der Waals surface area contributed by atoms with Gasteiger partial charge in [0.1, 0.15) is 0 Å². The molecule has 1 fully saturated rings. The maximum atomic E-state index is 12.6. The van der Waals surface area contributed by atoms with Gasteiger partial charge in [-0.3, -0.25) is 4.79 Å². The summed E-state index contributed by atoms with van der Waals surface area (Å²) >= 11 is 0. The highest BCUT2D eigenvalue weighted by molar-refractivity contribution is 5.94. The number of rotatable bonds is 6. The molecule has 3 amide bonds. The first kappa shape index (κ1) is 20.9. The molecule has 2 aromatic carbocycles. The van der Waals surface area contributed by atoms with Crippen LogP contribution in [0.15, 0.2) is 48.5 Å². The lowest BCUT2D eigenvalue weighted by atomic mass is 9.89. The second kappa shape index (κ2) is 10.1. The summed E-state index contributed by atoms with van der Waals surface area (Å²) in [6, 6.07) is 16.2. The quantitative estimate of drug-likeness (QED) is 0.777. The Labute approximate surface area is 173 Å². The molecular weight excluding hydrogens is 362 g/mol. The standard InChI is InChI=1S/C24H31N3O2/c1-3-18-10-12-19(13-11-18)16-26-23(28)21-8-5-7-20(15-21)22-9-6-14-27(17-22)24(29)25-4-2/h5,7-8,10-13,15,22H,3-4,6,9,14,16-17H2,1-2H3,(H,25,29)(H,26,28). The third-order valence-corrected chi connectivity index (χ3v) is 5.54. The number of piperidine rings is 1. The van der Waals surface area contributed by atoms with E-state index in [1.54, 1.807) is 0 Å². The third kappa shape index (κ3) is 5.59. The molecule has 1 aliphatic heterocycles. The molecule has 0 radical (unpaired) electrons. The van der Waals surface area contributed by atoms with Gasteiger partial charge in [0.15, 0.2) is 0 Å². The van der Waals surface area contributed by atoms with Crippen LogP contribution in [0.4, 0.5) is 4.79 Å². The monoisotopic (exact) mass is 393 g/mol. The van der Waals surface area contributed by atoms with Crippen molar-refractivity contribution in [1.82, 2.24) is 15.5 Å². The Hall–Kier alpha value is -2.82. The predicted molar refractivity (Wildman–Crippen MR) is 116 cm³/mol. The molecule has 5 heteroatoms. The molecule has 0 saturated carbocycles. The molecule has 3 rings (SSSR count). The summed E-state index contributed by atoms with van der Waals surface area (Å²) in [4.78, 5) is 26.7. The van der Waals surface area contributed by atoms with Crippen LogP contribution in [-0.2, 0) is 13.0 Å². The number of aryl methyl sites for hydroxylation is 1. The van der Waals surface area contributed by atoms with Crippen LogP contribution in [0.25, 0.3) is 0 Å². The molecule has 2 aromatic rings. The number of hydrogen-bond acceptors (Lipinski definition) is 2. The number of hydrogen-bond donors (Lipinski definition) is 2. The van der Waals surface area contributed by atoms with E-state index in [2.05, 4.69) is 47.9 Å². The molecule has 1 heterocycles. The van der Waals surface area contributed by atoms with E-state index in [0.717, 1.165) is 36.9 Å². The Balaban J connectivity index is 1.62. The topological polar surface area (TPSA) is 61.4 Å². The summed E-state index contributed by atoms with van der Waals surface area (Å²) in [6.45, 7) is 6.70. The van der Waals surface area contributed by atoms with E-state index in [1.807, 2.05) is 30.0 Å². The van der Waals surface area contributed by atoms with Crippen molar-refractivity contribution in [3.05, 3.63) is 70.8 Å². The molecule has 1 aliphatic rings. The normalized spacial score (nSPS) is 16.3. The SMILES string of the molecule is CCNC(=O)N1CCCC(c2cccc(C(=O)NCc3ccc(CC)cc3)c2)C1. The second-order valence-corrected chi connectivity index (χ2v) is 7.60. The number of nitrogens with one attached hydrogen (secondary N) is 2. The fourth-order valence-electron chi connectivity index (χ4n) is 3.81. The molecule has 29 heavy (non-hydrogen) atoms. The summed E-state index contributed by atoms with van der Waals surface area (Å²) < 4.78 is 0. The van der Waals surface area contributed by atoms with E-state index < -0.39 is 0 Å². The van der Waals surface area contributed by atoms with Crippen LogP contribution in [0.1, 0.15) is 59.7 Å². The molecule has 0 bridgehead atoms. The van der Waals surface area contributed by atoms with E-state index in [4.69, 9.17) is 0 Å². The molecule has 154 valence electrons. The number of urea groups is 1. The smallest absolute Gasteiger partial charge is 0.317 e. The van der Waals surface area contributed by atoms with Crippen molar-refractivity contribution in [1.29, 1.82) is 0 Å². The van der Waals surface area contributed by atoms with Crippen LogP contribution in [0.3, 0.4) is 0 Å². The highest BCUT2D eigenvalue weighted by Crippen LogP contribution is 2.27. The van der Waals surface area contributed by atoms with Crippen molar-refractivity contribution < 1.29 is 9.59 Å². The Bertz CT molecular complexity index is 832. The van der Waals surface area contributed by atoms with Crippen LogP contribution in [0, 0.1) is 0 Å². The van der Waals surface area contributed by atoms with Crippen molar-refractivity contribution in [2.45, 2.75) is 45.6 Å². The Morgan fingerprint density at radius 1 is 1.03 bits per heavy atom. The van der Waals surface area contributed by atoms with Crippen molar-refractivity contribution in [3.8, 4) is 0 Å². The number of amides is 3. The molecule has 1 saturated heterocycles. The van der Waals surface area contributed by atoms with Crippen LogP contribution in [-0.4, -0.2) is 36.5 Å².